The molecule has 0 fully saturated rings. The number of carbonyl (C=O) groups is 1. The predicted octanol–water partition coefficient (Wildman–Crippen LogP) is 1.34. The van der Waals surface area contributed by atoms with Crippen molar-refractivity contribution < 1.29 is 14.3 Å². The Hall–Kier alpha value is -0.610. The Morgan fingerprint density at radius 3 is 2.67 bits per heavy atom. The van der Waals surface area contributed by atoms with E-state index in [1.807, 2.05) is 13.8 Å². The van der Waals surface area contributed by atoms with E-state index < -0.39 is 0 Å². The Balaban J connectivity index is 3.17. The van der Waals surface area contributed by atoms with E-state index in [4.69, 9.17) is 9.47 Å². The van der Waals surface area contributed by atoms with E-state index in [0.29, 0.717) is 13.2 Å². The molecule has 0 aromatic heterocycles. The van der Waals surface area contributed by atoms with Gasteiger partial charge >= 0.3 is 0 Å². The van der Waals surface area contributed by atoms with Crippen molar-refractivity contribution in [3.05, 3.63) is 0 Å². The van der Waals surface area contributed by atoms with E-state index in [-0.39, 0.29) is 18.6 Å². The number of hydrogen-bond donors (Lipinski definition) is 1. The van der Waals surface area contributed by atoms with Gasteiger partial charge in [0.25, 0.3) is 0 Å². The highest BCUT2D eigenvalue weighted by Crippen LogP contribution is 1.87. The minimum absolute atomic E-state index is 0.0563. The van der Waals surface area contributed by atoms with Crippen molar-refractivity contribution >= 4 is 5.91 Å². The van der Waals surface area contributed by atoms with Crippen LogP contribution >= 0.6 is 0 Å². The number of hydrogen-bond acceptors (Lipinski definition) is 3. The SMILES string of the molecule is CCCOCCCNC(=O)COC(C)C. The Morgan fingerprint density at radius 2 is 2.07 bits per heavy atom. The number of nitrogens with one attached hydrogen (secondary N) is 1. The van der Waals surface area contributed by atoms with Crippen LogP contribution in [0.4, 0.5) is 0 Å². The maximum absolute atomic E-state index is 11.2. The molecule has 4 heteroatoms. The van der Waals surface area contributed by atoms with Gasteiger partial charge in [0.2, 0.25) is 5.91 Å². The second-order valence-corrected chi connectivity index (χ2v) is 3.68. The Kier molecular flexibility index (Phi) is 9.52. The van der Waals surface area contributed by atoms with Gasteiger partial charge in [-0.05, 0) is 26.7 Å². The zero-order chi connectivity index (χ0) is 11.5. The normalized spacial score (nSPS) is 10.7. The highest BCUT2D eigenvalue weighted by Gasteiger charge is 2.01. The van der Waals surface area contributed by atoms with Crippen LogP contribution in [0.15, 0.2) is 0 Å². The molecule has 0 unspecified atom stereocenters. The van der Waals surface area contributed by atoms with Crippen molar-refractivity contribution in [2.24, 2.45) is 0 Å². The summed E-state index contributed by atoms with van der Waals surface area (Å²) in [6, 6.07) is 0. The summed E-state index contributed by atoms with van der Waals surface area (Å²) in [7, 11) is 0. The average molecular weight is 217 g/mol. The molecule has 0 saturated heterocycles. The summed E-state index contributed by atoms with van der Waals surface area (Å²) < 4.78 is 10.4. The van der Waals surface area contributed by atoms with Gasteiger partial charge in [-0.2, -0.15) is 0 Å². The minimum atomic E-state index is -0.0563. The first kappa shape index (κ1) is 14.4. The molecule has 0 heterocycles. The van der Waals surface area contributed by atoms with Gasteiger partial charge in [0, 0.05) is 19.8 Å². The maximum atomic E-state index is 11.2. The maximum Gasteiger partial charge on any atom is 0.246 e. The Morgan fingerprint density at radius 1 is 1.33 bits per heavy atom. The van der Waals surface area contributed by atoms with Gasteiger partial charge in [0.15, 0.2) is 0 Å². The monoisotopic (exact) mass is 217 g/mol. The molecule has 0 aromatic carbocycles. The van der Waals surface area contributed by atoms with E-state index in [0.717, 1.165) is 19.4 Å². The van der Waals surface area contributed by atoms with Crippen molar-refractivity contribution in [2.45, 2.75) is 39.7 Å². The lowest BCUT2D eigenvalue weighted by atomic mass is 10.4. The lowest BCUT2D eigenvalue weighted by Gasteiger charge is -2.08. The van der Waals surface area contributed by atoms with Crippen molar-refractivity contribution in [3.8, 4) is 0 Å². The lowest BCUT2D eigenvalue weighted by Crippen LogP contribution is -2.30. The van der Waals surface area contributed by atoms with Gasteiger partial charge in [0.1, 0.15) is 6.61 Å². The van der Waals surface area contributed by atoms with Crippen LogP contribution in [0.3, 0.4) is 0 Å². The standard InChI is InChI=1S/C11H23NO3/c1-4-7-14-8-5-6-12-11(13)9-15-10(2)3/h10H,4-9H2,1-3H3,(H,12,13). The molecule has 0 aliphatic carbocycles. The first-order chi connectivity index (χ1) is 7.16. The summed E-state index contributed by atoms with van der Waals surface area (Å²) in [5.41, 5.74) is 0. The number of rotatable bonds is 9. The molecule has 0 aliphatic rings. The van der Waals surface area contributed by atoms with Crippen LogP contribution in [0.5, 0.6) is 0 Å². The highest BCUT2D eigenvalue weighted by atomic mass is 16.5. The summed E-state index contributed by atoms with van der Waals surface area (Å²) >= 11 is 0. The molecule has 90 valence electrons. The van der Waals surface area contributed by atoms with E-state index in [1.54, 1.807) is 0 Å². The molecule has 1 amide bonds. The van der Waals surface area contributed by atoms with Gasteiger partial charge < -0.3 is 14.8 Å². The highest BCUT2D eigenvalue weighted by molar-refractivity contribution is 5.77. The molecule has 0 spiro atoms. The third kappa shape index (κ3) is 11.3. The van der Waals surface area contributed by atoms with Gasteiger partial charge in [-0.1, -0.05) is 6.92 Å². The third-order valence-corrected chi connectivity index (χ3v) is 1.68. The summed E-state index contributed by atoms with van der Waals surface area (Å²) in [4.78, 5) is 11.2. The van der Waals surface area contributed by atoms with E-state index >= 15 is 0 Å². The van der Waals surface area contributed by atoms with E-state index in [2.05, 4.69) is 12.2 Å². The van der Waals surface area contributed by atoms with Gasteiger partial charge in [-0.3, -0.25) is 4.79 Å². The molecule has 0 rings (SSSR count). The number of ether oxygens (including phenoxy) is 2. The molecule has 0 aliphatic heterocycles. The quantitative estimate of drug-likeness (QED) is 0.593. The van der Waals surface area contributed by atoms with Gasteiger partial charge in [-0.15, -0.1) is 0 Å². The van der Waals surface area contributed by atoms with Crippen LogP contribution in [0.2, 0.25) is 0 Å². The zero-order valence-corrected chi connectivity index (χ0v) is 10.0. The first-order valence-corrected chi connectivity index (χ1v) is 5.62. The van der Waals surface area contributed by atoms with Crippen LogP contribution in [0, 0.1) is 0 Å². The smallest absolute Gasteiger partial charge is 0.246 e. The molecule has 15 heavy (non-hydrogen) atoms. The minimum Gasteiger partial charge on any atom is -0.381 e. The van der Waals surface area contributed by atoms with Crippen molar-refractivity contribution in [2.75, 3.05) is 26.4 Å². The molecule has 0 bridgehead atoms. The summed E-state index contributed by atoms with van der Waals surface area (Å²) in [6.07, 6.45) is 1.99. The molecule has 1 N–H and O–H groups in total. The topological polar surface area (TPSA) is 47.6 Å². The molecular formula is C11H23NO3. The third-order valence-electron chi connectivity index (χ3n) is 1.68. The van der Waals surface area contributed by atoms with Crippen LogP contribution in [-0.2, 0) is 14.3 Å². The van der Waals surface area contributed by atoms with Crippen LogP contribution in [0.1, 0.15) is 33.6 Å². The molecule has 4 nitrogen and oxygen atoms in total. The molecule has 0 radical (unpaired) electrons. The number of carbonyl (C=O) groups excluding carboxylic acids is 1. The molecule has 0 saturated carbocycles. The van der Waals surface area contributed by atoms with E-state index in [9.17, 15) is 4.79 Å². The van der Waals surface area contributed by atoms with Crippen LogP contribution in [0.25, 0.3) is 0 Å². The van der Waals surface area contributed by atoms with E-state index in [1.165, 1.54) is 0 Å². The van der Waals surface area contributed by atoms with Crippen LogP contribution in [-0.4, -0.2) is 38.4 Å². The Bertz CT molecular complexity index is 160. The largest absolute Gasteiger partial charge is 0.381 e. The lowest BCUT2D eigenvalue weighted by molar-refractivity contribution is -0.127. The van der Waals surface area contributed by atoms with Crippen molar-refractivity contribution in [1.29, 1.82) is 0 Å². The molecule has 0 atom stereocenters. The second-order valence-electron chi connectivity index (χ2n) is 3.68. The summed E-state index contributed by atoms with van der Waals surface area (Å²) in [5.74, 6) is -0.0563. The second kappa shape index (κ2) is 9.93. The fourth-order valence-electron chi connectivity index (χ4n) is 0.942. The van der Waals surface area contributed by atoms with Crippen molar-refractivity contribution in [3.63, 3.8) is 0 Å². The van der Waals surface area contributed by atoms with Gasteiger partial charge in [-0.25, -0.2) is 0 Å². The first-order valence-electron chi connectivity index (χ1n) is 5.62. The van der Waals surface area contributed by atoms with Crippen LogP contribution < -0.4 is 5.32 Å². The molecule has 0 aromatic rings. The van der Waals surface area contributed by atoms with Gasteiger partial charge in [0.05, 0.1) is 6.10 Å². The summed E-state index contributed by atoms with van der Waals surface area (Å²) in [5, 5.41) is 2.77. The summed E-state index contributed by atoms with van der Waals surface area (Å²) in [6.45, 7) is 8.20. The van der Waals surface area contributed by atoms with Crippen molar-refractivity contribution in [1.82, 2.24) is 5.32 Å². The zero-order valence-electron chi connectivity index (χ0n) is 10.0. The average Bonchev–Trinajstić information content (AvgIpc) is 2.20. The predicted molar refractivity (Wildman–Crippen MR) is 59.8 cm³/mol. The number of amides is 1. The Labute approximate surface area is 92.3 Å². The fourth-order valence-corrected chi connectivity index (χ4v) is 0.942. The fraction of sp³-hybridized carbons (Fsp3) is 0.909. The molecular weight excluding hydrogens is 194 g/mol.